The van der Waals surface area contributed by atoms with E-state index in [0.29, 0.717) is 0 Å². The van der Waals surface area contributed by atoms with E-state index in [2.05, 4.69) is 54.5 Å². The van der Waals surface area contributed by atoms with Gasteiger partial charge in [0.2, 0.25) is 0 Å². The third-order valence-electron chi connectivity index (χ3n) is 2.86. The molecule has 2 aromatic heterocycles. The summed E-state index contributed by atoms with van der Waals surface area (Å²) in [5, 5.41) is 8.42. The fraction of sp³-hybridized carbons (Fsp3) is 0.143. The van der Waals surface area contributed by atoms with Gasteiger partial charge >= 0.3 is 0 Å². The lowest BCUT2D eigenvalue weighted by Gasteiger charge is -2.01. The Bertz CT molecular complexity index is 666. The van der Waals surface area contributed by atoms with E-state index in [0.717, 1.165) is 17.0 Å². The molecular weight excluding hydrogens is 210 g/mol. The van der Waals surface area contributed by atoms with Crippen LogP contribution in [-0.2, 0) is 0 Å². The van der Waals surface area contributed by atoms with E-state index in [9.17, 15) is 0 Å². The fourth-order valence-corrected chi connectivity index (χ4v) is 1.90. The Kier molecular flexibility index (Phi) is 2.18. The van der Waals surface area contributed by atoms with Crippen molar-refractivity contribution in [1.82, 2.24) is 14.6 Å². The van der Waals surface area contributed by atoms with Gasteiger partial charge in [-0.2, -0.15) is 0 Å². The van der Waals surface area contributed by atoms with Crippen LogP contribution in [0.1, 0.15) is 11.1 Å². The standard InChI is InChI=1S/C14H13N3/c1-10-3-6-12(7-4-10)14-16-15-13-8-5-11(2)9-17(13)14/h3-9H,1-2H3. The summed E-state index contributed by atoms with van der Waals surface area (Å²) < 4.78 is 2.03. The van der Waals surface area contributed by atoms with Gasteiger partial charge < -0.3 is 0 Å². The molecule has 0 saturated heterocycles. The molecule has 3 heteroatoms. The number of fused-ring (bicyclic) bond motifs is 1. The number of benzene rings is 1. The molecular formula is C14H13N3. The number of aromatic nitrogens is 3. The zero-order valence-corrected chi connectivity index (χ0v) is 9.88. The first-order valence-electron chi connectivity index (χ1n) is 5.62. The molecule has 0 N–H and O–H groups in total. The SMILES string of the molecule is Cc1ccc(-c2nnc3ccc(C)cn23)cc1. The number of hydrogen-bond acceptors (Lipinski definition) is 2. The molecule has 0 spiro atoms. The minimum absolute atomic E-state index is 0.881. The van der Waals surface area contributed by atoms with E-state index in [1.807, 2.05) is 16.5 Å². The first-order valence-corrected chi connectivity index (χ1v) is 5.62. The topological polar surface area (TPSA) is 30.2 Å². The normalized spacial score (nSPS) is 10.9. The van der Waals surface area contributed by atoms with Crippen LogP contribution in [0.25, 0.3) is 17.0 Å². The predicted octanol–water partition coefficient (Wildman–Crippen LogP) is 3.01. The molecule has 84 valence electrons. The maximum absolute atomic E-state index is 4.25. The molecule has 2 heterocycles. The van der Waals surface area contributed by atoms with Crippen LogP contribution in [0.3, 0.4) is 0 Å². The lowest BCUT2D eigenvalue weighted by atomic mass is 10.1. The van der Waals surface area contributed by atoms with Crippen molar-refractivity contribution >= 4 is 5.65 Å². The average Bonchev–Trinajstić information content (AvgIpc) is 2.73. The summed E-state index contributed by atoms with van der Waals surface area (Å²) in [4.78, 5) is 0. The van der Waals surface area contributed by atoms with Crippen LogP contribution in [0, 0.1) is 13.8 Å². The van der Waals surface area contributed by atoms with Crippen LogP contribution in [-0.4, -0.2) is 14.6 Å². The van der Waals surface area contributed by atoms with Crippen molar-refractivity contribution in [1.29, 1.82) is 0 Å². The van der Waals surface area contributed by atoms with Crippen LogP contribution in [0.15, 0.2) is 42.6 Å². The van der Waals surface area contributed by atoms with E-state index in [1.54, 1.807) is 0 Å². The van der Waals surface area contributed by atoms with Gasteiger partial charge in [-0.1, -0.05) is 35.9 Å². The average molecular weight is 223 g/mol. The summed E-state index contributed by atoms with van der Waals surface area (Å²) in [5.41, 5.74) is 4.42. The van der Waals surface area contributed by atoms with E-state index < -0.39 is 0 Å². The molecule has 3 aromatic rings. The summed E-state index contributed by atoms with van der Waals surface area (Å²) in [6.07, 6.45) is 2.06. The van der Waals surface area contributed by atoms with Gasteiger partial charge in [-0.15, -0.1) is 10.2 Å². The van der Waals surface area contributed by atoms with Crippen molar-refractivity contribution < 1.29 is 0 Å². The Hall–Kier alpha value is -2.16. The highest BCUT2D eigenvalue weighted by Gasteiger charge is 2.07. The van der Waals surface area contributed by atoms with E-state index in [4.69, 9.17) is 0 Å². The summed E-state index contributed by atoms with van der Waals surface area (Å²) in [6.45, 7) is 4.15. The van der Waals surface area contributed by atoms with Gasteiger partial charge in [0.25, 0.3) is 0 Å². The number of aryl methyl sites for hydroxylation is 2. The molecule has 17 heavy (non-hydrogen) atoms. The summed E-state index contributed by atoms with van der Waals surface area (Å²) in [6, 6.07) is 12.4. The second kappa shape index (κ2) is 3.70. The van der Waals surface area contributed by atoms with E-state index in [1.165, 1.54) is 11.1 Å². The van der Waals surface area contributed by atoms with Gasteiger partial charge in [0.05, 0.1) is 0 Å². The molecule has 0 saturated carbocycles. The third kappa shape index (κ3) is 1.69. The Morgan fingerprint density at radius 1 is 0.824 bits per heavy atom. The van der Waals surface area contributed by atoms with Crippen LogP contribution in [0.2, 0.25) is 0 Å². The second-order valence-corrected chi connectivity index (χ2v) is 4.32. The molecule has 0 atom stereocenters. The first-order chi connectivity index (χ1) is 8.24. The zero-order valence-electron chi connectivity index (χ0n) is 9.88. The maximum Gasteiger partial charge on any atom is 0.168 e. The maximum atomic E-state index is 4.25. The summed E-state index contributed by atoms with van der Waals surface area (Å²) >= 11 is 0. The Morgan fingerprint density at radius 3 is 2.29 bits per heavy atom. The predicted molar refractivity (Wildman–Crippen MR) is 67.9 cm³/mol. The van der Waals surface area contributed by atoms with Gasteiger partial charge in [-0.05, 0) is 25.5 Å². The van der Waals surface area contributed by atoms with Crippen LogP contribution in [0.5, 0.6) is 0 Å². The van der Waals surface area contributed by atoms with Crippen molar-refractivity contribution in [3.05, 3.63) is 53.7 Å². The molecule has 3 nitrogen and oxygen atoms in total. The lowest BCUT2D eigenvalue weighted by molar-refractivity contribution is 1.11. The minimum Gasteiger partial charge on any atom is -0.282 e. The Balaban J connectivity index is 2.23. The van der Waals surface area contributed by atoms with Gasteiger partial charge in [0.1, 0.15) is 0 Å². The molecule has 0 aliphatic heterocycles. The van der Waals surface area contributed by atoms with Crippen molar-refractivity contribution in [3.8, 4) is 11.4 Å². The fourth-order valence-electron chi connectivity index (χ4n) is 1.90. The summed E-state index contributed by atoms with van der Waals surface area (Å²) in [7, 11) is 0. The number of pyridine rings is 1. The Morgan fingerprint density at radius 2 is 1.53 bits per heavy atom. The highest BCUT2D eigenvalue weighted by atomic mass is 15.2. The monoisotopic (exact) mass is 223 g/mol. The number of nitrogens with zero attached hydrogens (tertiary/aromatic N) is 3. The summed E-state index contributed by atoms with van der Waals surface area (Å²) in [5.74, 6) is 0.892. The smallest absolute Gasteiger partial charge is 0.168 e. The zero-order chi connectivity index (χ0) is 11.8. The largest absolute Gasteiger partial charge is 0.282 e. The molecule has 0 radical (unpaired) electrons. The molecule has 0 unspecified atom stereocenters. The first kappa shape index (κ1) is 10.0. The highest BCUT2D eigenvalue weighted by molar-refractivity contribution is 5.59. The van der Waals surface area contributed by atoms with Crippen molar-refractivity contribution in [2.45, 2.75) is 13.8 Å². The third-order valence-corrected chi connectivity index (χ3v) is 2.86. The van der Waals surface area contributed by atoms with Gasteiger partial charge in [0.15, 0.2) is 11.5 Å². The lowest BCUT2D eigenvalue weighted by Crippen LogP contribution is -1.90. The second-order valence-electron chi connectivity index (χ2n) is 4.32. The molecule has 0 amide bonds. The van der Waals surface area contributed by atoms with Crippen LogP contribution < -0.4 is 0 Å². The van der Waals surface area contributed by atoms with Crippen molar-refractivity contribution in [2.75, 3.05) is 0 Å². The van der Waals surface area contributed by atoms with E-state index in [-0.39, 0.29) is 0 Å². The molecule has 1 aromatic carbocycles. The van der Waals surface area contributed by atoms with Crippen molar-refractivity contribution in [2.24, 2.45) is 0 Å². The van der Waals surface area contributed by atoms with Gasteiger partial charge in [-0.25, -0.2) is 0 Å². The highest BCUT2D eigenvalue weighted by Crippen LogP contribution is 2.19. The number of hydrogen-bond donors (Lipinski definition) is 0. The van der Waals surface area contributed by atoms with Crippen LogP contribution >= 0.6 is 0 Å². The molecule has 0 fully saturated rings. The van der Waals surface area contributed by atoms with E-state index >= 15 is 0 Å². The Labute approximate surface area is 99.7 Å². The van der Waals surface area contributed by atoms with Gasteiger partial charge in [0, 0.05) is 11.8 Å². The molecule has 0 aliphatic rings. The molecule has 0 bridgehead atoms. The minimum atomic E-state index is 0.881. The van der Waals surface area contributed by atoms with Crippen LogP contribution in [0.4, 0.5) is 0 Å². The quantitative estimate of drug-likeness (QED) is 0.634. The molecule has 3 rings (SSSR count). The molecule has 0 aliphatic carbocycles. The number of rotatable bonds is 1. The van der Waals surface area contributed by atoms with Crippen molar-refractivity contribution in [3.63, 3.8) is 0 Å². The van der Waals surface area contributed by atoms with Gasteiger partial charge in [-0.3, -0.25) is 4.40 Å².